The third-order valence-electron chi connectivity index (χ3n) is 5.50. The highest BCUT2D eigenvalue weighted by Gasteiger charge is 2.41. The molecule has 1 atom stereocenters. The molecule has 33 heavy (non-hydrogen) atoms. The van der Waals surface area contributed by atoms with E-state index in [-0.39, 0.29) is 17.1 Å². The molecule has 2 saturated heterocycles. The standard InChI is InChI=1S/C19H23FN4O2.C2HF3O2/c20-15-4-1-8-22-17(15)23-10-11-26-14-19(12-23)6-3-9-24(13-19)18(25)16-5-2-7-21-16;3-2(4,5)1(6)7/h1-2,4-5,7-8,21H,3,6,9-14H2;(H,6,7). The van der Waals surface area contributed by atoms with E-state index in [1.165, 1.54) is 6.07 Å². The number of halogens is 4. The minimum absolute atomic E-state index is 0.00823. The maximum absolute atomic E-state index is 14.2. The zero-order chi connectivity index (χ0) is 24.1. The summed E-state index contributed by atoms with van der Waals surface area (Å²) in [6, 6.07) is 6.65. The molecule has 1 amide bonds. The quantitative estimate of drug-likeness (QED) is 0.653. The monoisotopic (exact) mass is 472 g/mol. The van der Waals surface area contributed by atoms with Crippen molar-refractivity contribution in [2.24, 2.45) is 5.41 Å². The number of aliphatic carboxylic acids is 1. The second-order valence-electron chi connectivity index (χ2n) is 8.00. The van der Waals surface area contributed by atoms with Crippen LogP contribution in [0.15, 0.2) is 36.7 Å². The van der Waals surface area contributed by atoms with Crippen molar-refractivity contribution in [2.75, 3.05) is 44.3 Å². The average Bonchev–Trinajstić information content (AvgIpc) is 3.23. The van der Waals surface area contributed by atoms with Gasteiger partial charge in [0.25, 0.3) is 5.91 Å². The Morgan fingerprint density at radius 1 is 1.18 bits per heavy atom. The van der Waals surface area contributed by atoms with E-state index in [4.69, 9.17) is 14.6 Å². The second kappa shape index (κ2) is 10.2. The Hall–Kier alpha value is -3.15. The maximum Gasteiger partial charge on any atom is 0.490 e. The number of carboxylic acids is 1. The molecule has 2 fully saturated rings. The molecule has 180 valence electrons. The summed E-state index contributed by atoms with van der Waals surface area (Å²) in [6.07, 6.45) is 0.146. The summed E-state index contributed by atoms with van der Waals surface area (Å²) in [4.78, 5) is 32.7. The van der Waals surface area contributed by atoms with Gasteiger partial charge in [0.15, 0.2) is 11.6 Å². The van der Waals surface area contributed by atoms with Crippen molar-refractivity contribution < 1.29 is 37.0 Å². The highest BCUT2D eigenvalue weighted by molar-refractivity contribution is 5.92. The lowest BCUT2D eigenvalue weighted by atomic mass is 9.80. The first kappa shape index (κ1) is 24.5. The van der Waals surface area contributed by atoms with Crippen LogP contribution >= 0.6 is 0 Å². The van der Waals surface area contributed by atoms with Crippen molar-refractivity contribution in [2.45, 2.75) is 19.0 Å². The van der Waals surface area contributed by atoms with E-state index in [2.05, 4.69) is 9.97 Å². The highest BCUT2D eigenvalue weighted by atomic mass is 19.4. The maximum atomic E-state index is 14.2. The number of alkyl halides is 3. The molecule has 4 heterocycles. The van der Waals surface area contributed by atoms with Gasteiger partial charge in [0.05, 0.1) is 13.2 Å². The Morgan fingerprint density at radius 2 is 1.94 bits per heavy atom. The number of hydrogen-bond acceptors (Lipinski definition) is 5. The van der Waals surface area contributed by atoms with Crippen LogP contribution in [0.3, 0.4) is 0 Å². The number of hydrogen-bond donors (Lipinski definition) is 2. The number of amides is 1. The minimum atomic E-state index is -5.08. The van der Waals surface area contributed by atoms with E-state index in [1.807, 2.05) is 15.9 Å². The molecule has 8 nitrogen and oxygen atoms in total. The normalized spacial score (nSPS) is 21.2. The third-order valence-corrected chi connectivity index (χ3v) is 5.50. The lowest BCUT2D eigenvalue weighted by Crippen LogP contribution is -2.52. The summed E-state index contributed by atoms with van der Waals surface area (Å²) < 4.78 is 51.8. The first-order chi connectivity index (χ1) is 15.6. The number of carboxylic acid groups (broad SMARTS) is 1. The van der Waals surface area contributed by atoms with Crippen LogP contribution in [-0.2, 0) is 9.53 Å². The Bertz CT molecular complexity index is 954. The summed E-state index contributed by atoms with van der Waals surface area (Å²) >= 11 is 0. The number of carbonyl (C=O) groups is 2. The smallest absolute Gasteiger partial charge is 0.475 e. The van der Waals surface area contributed by atoms with Gasteiger partial charge in [0.2, 0.25) is 0 Å². The summed E-state index contributed by atoms with van der Waals surface area (Å²) in [5.41, 5.74) is 0.394. The molecule has 0 aromatic carbocycles. The van der Waals surface area contributed by atoms with E-state index in [9.17, 15) is 22.4 Å². The predicted molar refractivity (Wildman–Crippen MR) is 109 cm³/mol. The van der Waals surface area contributed by atoms with Crippen molar-refractivity contribution in [3.8, 4) is 0 Å². The highest BCUT2D eigenvalue weighted by Crippen LogP contribution is 2.35. The Morgan fingerprint density at radius 3 is 2.58 bits per heavy atom. The van der Waals surface area contributed by atoms with Crippen LogP contribution < -0.4 is 4.90 Å². The molecule has 2 aliphatic rings. The summed E-state index contributed by atoms with van der Waals surface area (Å²) in [7, 11) is 0. The number of nitrogens with zero attached hydrogens (tertiary/aromatic N) is 3. The van der Waals surface area contributed by atoms with Gasteiger partial charge in [0, 0.05) is 44.0 Å². The van der Waals surface area contributed by atoms with Gasteiger partial charge in [0.1, 0.15) is 5.69 Å². The Kier molecular flexibility index (Phi) is 7.57. The number of nitrogens with one attached hydrogen (secondary N) is 1. The zero-order valence-corrected chi connectivity index (χ0v) is 17.6. The van der Waals surface area contributed by atoms with E-state index in [0.717, 1.165) is 19.4 Å². The van der Waals surface area contributed by atoms with Gasteiger partial charge in [-0.15, -0.1) is 0 Å². The lowest BCUT2D eigenvalue weighted by Gasteiger charge is -2.43. The molecule has 0 radical (unpaired) electrons. The summed E-state index contributed by atoms with van der Waals surface area (Å²) in [6.45, 7) is 3.68. The van der Waals surface area contributed by atoms with Gasteiger partial charge < -0.3 is 24.6 Å². The topological polar surface area (TPSA) is 98.8 Å². The fourth-order valence-corrected chi connectivity index (χ4v) is 4.05. The van der Waals surface area contributed by atoms with Crippen molar-refractivity contribution >= 4 is 17.7 Å². The van der Waals surface area contributed by atoms with Crippen LogP contribution in [0.4, 0.5) is 23.4 Å². The van der Waals surface area contributed by atoms with E-state index >= 15 is 0 Å². The lowest BCUT2D eigenvalue weighted by molar-refractivity contribution is -0.192. The van der Waals surface area contributed by atoms with Crippen LogP contribution in [0.5, 0.6) is 0 Å². The molecule has 2 aliphatic heterocycles. The van der Waals surface area contributed by atoms with E-state index in [0.29, 0.717) is 44.4 Å². The molecule has 0 saturated carbocycles. The van der Waals surface area contributed by atoms with E-state index < -0.39 is 12.1 Å². The number of aromatic amines is 1. The molecular formula is C21H24F4N4O4. The largest absolute Gasteiger partial charge is 0.490 e. The molecule has 0 bridgehead atoms. The minimum Gasteiger partial charge on any atom is -0.475 e. The molecule has 4 rings (SSSR count). The number of ether oxygens (including phenoxy) is 1. The Labute approximate surface area is 187 Å². The molecule has 2 aromatic heterocycles. The third kappa shape index (κ3) is 6.21. The van der Waals surface area contributed by atoms with Crippen molar-refractivity contribution in [3.05, 3.63) is 48.2 Å². The number of aromatic nitrogens is 2. The zero-order valence-electron chi connectivity index (χ0n) is 17.6. The average molecular weight is 472 g/mol. The fraction of sp³-hybridized carbons (Fsp3) is 0.476. The molecule has 2 N–H and O–H groups in total. The van der Waals surface area contributed by atoms with Crippen LogP contribution in [-0.4, -0.2) is 77.4 Å². The van der Waals surface area contributed by atoms with Gasteiger partial charge in [-0.05, 0) is 37.1 Å². The van der Waals surface area contributed by atoms with Crippen LogP contribution in [0.2, 0.25) is 0 Å². The van der Waals surface area contributed by atoms with Crippen molar-refractivity contribution in [1.29, 1.82) is 0 Å². The number of likely N-dealkylation sites (tertiary alicyclic amines) is 1. The first-order valence-corrected chi connectivity index (χ1v) is 10.3. The molecule has 12 heteroatoms. The number of piperidine rings is 1. The van der Waals surface area contributed by atoms with Crippen LogP contribution in [0.25, 0.3) is 0 Å². The number of carbonyl (C=O) groups excluding carboxylic acids is 1. The van der Waals surface area contributed by atoms with Gasteiger partial charge in [-0.3, -0.25) is 4.79 Å². The van der Waals surface area contributed by atoms with E-state index in [1.54, 1.807) is 24.5 Å². The predicted octanol–water partition coefficient (Wildman–Crippen LogP) is 2.94. The molecule has 1 unspecified atom stereocenters. The van der Waals surface area contributed by atoms with Crippen LogP contribution in [0.1, 0.15) is 23.3 Å². The van der Waals surface area contributed by atoms with Gasteiger partial charge in [-0.25, -0.2) is 14.2 Å². The molecule has 2 aromatic rings. The summed E-state index contributed by atoms with van der Waals surface area (Å²) in [5.74, 6) is -2.70. The fourth-order valence-electron chi connectivity index (χ4n) is 4.05. The SMILES string of the molecule is O=C(O)C(F)(F)F.O=C(c1ccc[nH]1)N1CCCC2(COCCN(c3ncccc3F)C2)C1. The van der Waals surface area contributed by atoms with Crippen LogP contribution in [0, 0.1) is 11.2 Å². The molecule has 1 spiro atoms. The Balaban J connectivity index is 0.000000383. The number of anilines is 1. The summed E-state index contributed by atoms with van der Waals surface area (Å²) in [5, 5.41) is 7.12. The number of H-pyrrole nitrogens is 1. The van der Waals surface area contributed by atoms with Crippen molar-refractivity contribution in [1.82, 2.24) is 14.9 Å². The van der Waals surface area contributed by atoms with Crippen molar-refractivity contribution in [3.63, 3.8) is 0 Å². The number of pyridine rings is 1. The van der Waals surface area contributed by atoms with Gasteiger partial charge in [-0.2, -0.15) is 13.2 Å². The van der Waals surface area contributed by atoms with Gasteiger partial charge in [-0.1, -0.05) is 0 Å². The first-order valence-electron chi connectivity index (χ1n) is 10.3. The number of rotatable bonds is 2. The molecule has 0 aliphatic carbocycles. The molecular weight excluding hydrogens is 448 g/mol. The van der Waals surface area contributed by atoms with Gasteiger partial charge >= 0.3 is 12.1 Å². The second-order valence-corrected chi connectivity index (χ2v) is 8.00.